The van der Waals surface area contributed by atoms with Crippen LogP contribution in [0, 0.1) is 0 Å². The lowest BCUT2D eigenvalue weighted by molar-refractivity contribution is 0.101. The van der Waals surface area contributed by atoms with Crippen molar-refractivity contribution in [1.29, 1.82) is 0 Å². The summed E-state index contributed by atoms with van der Waals surface area (Å²) in [4.78, 5) is 16.8. The summed E-state index contributed by atoms with van der Waals surface area (Å²) in [5.41, 5.74) is 2.08. The van der Waals surface area contributed by atoms with Gasteiger partial charge in [-0.2, -0.15) is 0 Å². The number of unbranched alkanes of at least 4 members (excludes halogenated alkanes) is 3. The number of carbonyl (C=O) groups is 1. The summed E-state index contributed by atoms with van der Waals surface area (Å²) >= 11 is 0. The normalized spacial score (nSPS) is 15.5. The van der Waals surface area contributed by atoms with Crippen molar-refractivity contribution < 1.29 is 19.2 Å². The molecular weight excluding hydrogens is 442 g/mol. The third-order valence-electron chi connectivity index (χ3n) is 6.54. The standard InChI is InChI=1S/C28H35N3O4/c1-22(32)26-19-24-11-12-25(20-27(24)35-28(26)29-33)34-18-8-3-2-7-13-30-14-16-31(17-15-30)21-23-9-5-4-6-10-23/h4-6,9-12,19-20,33H,2-3,7-8,13-18,21H2,1H3. The molecule has 3 aromatic rings. The van der Waals surface area contributed by atoms with Gasteiger partial charge in [0.05, 0.1) is 12.2 Å². The maximum absolute atomic E-state index is 11.7. The molecule has 0 amide bonds. The number of Topliss-reactive ketones (excluding diaryl/α,β-unsaturated/α-hetero) is 1. The first-order valence-corrected chi connectivity index (χ1v) is 12.5. The summed E-state index contributed by atoms with van der Waals surface area (Å²) in [6.45, 7) is 8.88. The van der Waals surface area contributed by atoms with Gasteiger partial charge in [0.1, 0.15) is 11.3 Å². The minimum absolute atomic E-state index is 0.0836. The second-order valence-electron chi connectivity index (χ2n) is 9.19. The van der Waals surface area contributed by atoms with Crippen LogP contribution in [0.4, 0.5) is 0 Å². The topological polar surface area (TPSA) is 78.5 Å². The van der Waals surface area contributed by atoms with Gasteiger partial charge in [0.2, 0.25) is 0 Å². The molecule has 0 unspecified atom stereocenters. The lowest BCUT2D eigenvalue weighted by atomic mass is 10.1. The number of hydrogen-bond acceptors (Lipinski definition) is 7. The van der Waals surface area contributed by atoms with Crippen LogP contribution in [0.15, 0.2) is 64.2 Å². The zero-order valence-electron chi connectivity index (χ0n) is 20.5. The molecule has 0 spiro atoms. The zero-order valence-corrected chi connectivity index (χ0v) is 20.5. The van der Waals surface area contributed by atoms with Gasteiger partial charge in [-0.3, -0.25) is 9.69 Å². The van der Waals surface area contributed by atoms with Gasteiger partial charge in [-0.05, 0) is 55.2 Å². The van der Waals surface area contributed by atoms with Crippen LogP contribution in [0.3, 0.4) is 0 Å². The number of piperazine rings is 1. The van der Waals surface area contributed by atoms with Crippen molar-refractivity contribution in [2.45, 2.75) is 39.2 Å². The van der Waals surface area contributed by atoms with Gasteiger partial charge in [-0.25, -0.2) is 0 Å². The SMILES string of the molecule is CC(=O)c1cc2ccc(OCCCCCCN3CCN(Cc4ccccc4)CC3)cc2oc1=NO. The maximum atomic E-state index is 11.7. The van der Waals surface area contributed by atoms with E-state index in [1.165, 1.54) is 31.9 Å². The molecule has 35 heavy (non-hydrogen) atoms. The van der Waals surface area contributed by atoms with Crippen LogP contribution in [0.25, 0.3) is 11.0 Å². The zero-order chi connectivity index (χ0) is 24.5. The summed E-state index contributed by atoms with van der Waals surface area (Å²) in [6.07, 6.45) is 4.57. The lowest BCUT2D eigenvalue weighted by Crippen LogP contribution is -2.46. The monoisotopic (exact) mass is 477 g/mol. The van der Waals surface area contributed by atoms with Crippen molar-refractivity contribution in [2.75, 3.05) is 39.3 Å². The third-order valence-corrected chi connectivity index (χ3v) is 6.54. The highest BCUT2D eigenvalue weighted by molar-refractivity contribution is 5.96. The van der Waals surface area contributed by atoms with E-state index in [1.54, 1.807) is 12.1 Å². The van der Waals surface area contributed by atoms with Crippen LogP contribution in [0.5, 0.6) is 5.75 Å². The number of ether oxygens (including phenoxy) is 1. The smallest absolute Gasteiger partial charge is 0.266 e. The third kappa shape index (κ3) is 7.16. The molecule has 186 valence electrons. The molecule has 7 heteroatoms. The molecule has 1 saturated heterocycles. The van der Waals surface area contributed by atoms with Crippen LogP contribution in [-0.2, 0) is 6.54 Å². The molecule has 2 heterocycles. The molecule has 0 atom stereocenters. The predicted octanol–water partition coefficient (Wildman–Crippen LogP) is 4.68. The lowest BCUT2D eigenvalue weighted by Gasteiger charge is -2.34. The van der Waals surface area contributed by atoms with Crippen LogP contribution in [-0.4, -0.2) is 60.1 Å². The number of carbonyl (C=O) groups excluding carboxylic acids is 1. The van der Waals surface area contributed by atoms with Crippen molar-refractivity contribution in [3.05, 3.63) is 71.3 Å². The minimum atomic E-state index is -0.214. The Morgan fingerprint density at radius 1 is 0.971 bits per heavy atom. The second kappa shape index (κ2) is 12.5. The summed E-state index contributed by atoms with van der Waals surface area (Å²) in [5.74, 6) is 0.489. The molecule has 0 saturated carbocycles. The highest BCUT2D eigenvalue weighted by Gasteiger charge is 2.16. The summed E-state index contributed by atoms with van der Waals surface area (Å²) in [7, 11) is 0. The largest absolute Gasteiger partial charge is 0.493 e. The first kappa shape index (κ1) is 24.9. The van der Waals surface area contributed by atoms with E-state index in [9.17, 15) is 4.79 Å². The molecule has 7 nitrogen and oxygen atoms in total. The average molecular weight is 478 g/mol. The van der Waals surface area contributed by atoms with Crippen molar-refractivity contribution in [3.8, 4) is 5.75 Å². The Bertz CT molecular complexity index is 1170. The molecule has 2 aromatic carbocycles. The molecular formula is C28H35N3O4. The first-order chi connectivity index (χ1) is 17.1. The number of rotatable bonds is 11. The Balaban J connectivity index is 1.11. The highest BCUT2D eigenvalue weighted by atomic mass is 16.5. The van der Waals surface area contributed by atoms with E-state index in [2.05, 4.69) is 45.3 Å². The number of ketones is 1. The number of nitrogens with zero attached hydrogens (tertiary/aromatic N) is 3. The molecule has 1 aliphatic heterocycles. The van der Waals surface area contributed by atoms with Crippen molar-refractivity contribution in [3.63, 3.8) is 0 Å². The van der Waals surface area contributed by atoms with Gasteiger partial charge >= 0.3 is 0 Å². The summed E-state index contributed by atoms with van der Waals surface area (Å²) in [5, 5.41) is 13.0. The molecule has 1 aliphatic rings. The fourth-order valence-electron chi connectivity index (χ4n) is 4.51. The predicted molar refractivity (Wildman–Crippen MR) is 136 cm³/mol. The van der Waals surface area contributed by atoms with Gasteiger partial charge < -0.3 is 19.3 Å². The van der Waals surface area contributed by atoms with Crippen LogP contribution < -0.4 is 10.3 Å². The van der Waals surface area contributed by atoms with Gasteiger partial charge in [0, 0.05) is 44.2 Å². The molecule has 1 aromatic heterocycles. The first-order valence-electron chi connectivity index (χ1n) is 12.5. The minimum Gasteiger partial charge on any atom is -0.493 e. The fraction of sp³-hybridized carbons (Fsp3) is 0.429. The van der Waals surface area contributed by atoms with E-state index in [-0.39, 0.29) is 16.9 Å². The summed E-state index contributed by atoms with van der Waals surface area (Å²) < 4.78 is 11.5. The van der Waals surface area contributed by atoms with E-state index in [0.717, 1.165) is 51.0 Å². The van der Waals surface area contributed by atoms with E-state index < -0.39 is 0 Å². The van der Waals surface area contributed by atoms with Gasteiger partial charge in [-0.15, -0.1) is 0 Å². The van der Waals surface area contributed by atoms with Crippen molar-refractivity contribution >= 4 is 16.8 Å². The van der Waals surface area contributed by atoms with E-state index in [0.29, 0.717) is 17.9 Å². The average Bonchev–Trinajstić information content (AvgIpc) is 2.88. The van der Waals surface area contributed by atoms with Crippen LogP contribution in [0.1, 0.15) is 48.5 Å². The Labute approximate surface area is 206 Å². The second-order valence-corrected chi connectivity index (χ2v) is 9.19. The number of fused-ring (bicyclic) bond motifs is 1. The highest BCUT2D eigenvalue weighted by Crippen LogP contribution is 2.21. The van der Waals surface area contributed by atoms with Crippen molar-refractivity contribution in [2.24, 2.45) is 5.16 Å². The van der Waals surface area contributed by atoms with Gasteiger partial charge in [-0.1, -0.05) is 43.2 Å². The van der Waals surface area contributed by atoms with Crippen molar-refractivity contribution in [1.82, 2.24) is 9.80 Å². The van der Waals surface area contributed by atoms with Crippen LogP contribution >= 0.6 is 0 Å². The Kier molecular flexibility index (Phi) is 8.92. The fourth-order valence-corrected chi connectivity index (χ4v) is 4.51. The molecule has 1 N–H and O–H groups in total. The quantitative estimate of drug-likeness (QED) is 0.187. The molecule has 1 fully saturated rings. The van der Waals surface area contributed by atoms with Crippen LogP contribution in [0.2, 0.25) is 0 Å². The molecule has 0 aliphatic carbocycles. The van der Waals surface area contributed by atoms with Gasteiger partial charge in [0.25, 0.3) is 5.55 Å². The molecule has 0 bridgehead atoms. The Morgan fingerprint density at radius 2 is 1.71 bits per heavy atom. The molecule has 0 radical (unpaired) electrons. The Hall–Kier alpha value is -3.16. The number of hydrogen-bond donors (Lipinski definition) is 1. The van der Waals surface area contributed by atoms with E-state index in [1.807, 2.05) is 12.1 Å². The number of benzene rings is 2. The van der Waals surface area contributed by atoms with Gasteiger partial charge in [0.15, 0.2) is 5.78 Å². The van der Waals surface area contributed by atoms with E-state index in [4.69, 9.17) is 14.4 Å². The molecule has 4 rings (SSSR count). The summed E-state index contributed by atoms with van der Waals surface area (Å²) in [6, 6.07) is 17.9. The maximum Gasteiger partial charge on any atom is 0.266 e. The van der Waals surface area contributed by atoms with E-state index >= 15 is 0 Å². The Morgan fingerprint density at radius 3 is 2.46 bits per heavy atom.